The number of nitrogens with two attached hydrogens (primary N) is 1. The van der Waals surface area contributed by atoms with Crippen LogP contribution >= 0.6 is 0 Å². The molecule has 6 heteroatoms. The summed E-state index contributed by atoms with van der Waals surface area (Å²) in [4.78, 5) is 26.0. The van der Waals surface area contributed by atoms with Crippen LogP contribution in [-0.2, 0) is 14.3 Å². The maximum absolute atomic E-state index is 12.4. The van der Waals surface area contributed by atoms with Crippen molar-refractivity contribution in [1.82, 2.24) is 5.32 Å². The molecule has 2 atom stereocenters. The highest BCUT2D eigenvalue weighted by atomic mass is 16.5. The second-order valence-electron chi connectivity index (χ2n) is 6.95. The van der Waals surface area contributed by atoms with Crippen molar-refractivity contribution >= 4 is 17.5 Å². The number of anilines is 1. The van der Waals surface area contributed by atoms with Gasteiger partial charge in [0.25, 0.3) is 0 Å². The highest BCUT2D eigenvalue weighted by molar-refractivity contribution is 5.95. The summed E-state index contributed by atoms with van der Waals surface area (Å²) in [6.07, 6.45) is 3.21. The molecule has 2 saturated heterocycles. The smallest absolute Gasteiger partial charge is 0.237 e. The lowest BCUT2D eigenvalue weighted by molar-refractivity contribution is -0.125. The maximum atomic E-state index is 12.4. The van der Waals surface area contributed by atoms with Crippen LogP contribution in [0, 0.1) is 5.92 Å². The van der Waals surface area contributed by atoms with Gasteiger partial charge in [-0.05, 0) is 49.8 Å². The zero-order chi connectivity index (χ0) is 17.8. The molecule has 2 fully saturated rings. The summed E-state index contributed by atoms with van der Waals surface area (Å²) in [5.41, 5.74) is 8.05. The number of nitrogens with one attached hydrogen (secondary N) is 1. The van der Waals surface area contributed by atoms with E-state index in [2.05, 4.69) is 5.32 Å². The van der Waals surface area contributed by atoms with E-state index in [0.29, 0.717) is 19.6 Å². The molecule has 3 rings (SSSR count). The fraction of sp³-hybridized carbons (Fsp3) is 0.579. The predicted molar refractivity (Wildman–Crippen MR) is 96.1 cm³/mol. The Labute approximate surface area is 148 Å². The van der Waals surface area contributed by atoms with Crippen LogP contribution in [0.5, 0.6) is 0 Å². The van der Waals surface area contributed by atoms with Gasteiger partial charge in [-0.3, -0.25) is 9.59 Å². The van der Waals surface area contributed by atoms with Crippen molar-refractivity contribution in [2.45, 2.75) is 44.7 Å². The van der Waals surface area contributed by atoms with Crippen LogP contribution in [0.4, 0.5) is 5.69 Å². The summed E-state index contributed by atoms with van der Waals surface area (Å²) >= 11 is 0. The van der Waals surface area contributed by atoms with E-state index in [-0.39, 0.29) is 23.8 Å². The molecule has 0 aromatic heterocycles. The summed E-state index contributed by atoms with van der Waals surface area (Å²) in [6, 6.07) is 7.20. The van der Waals surface area contributed by atoms with Gasteiger partial charge in [0, 0.05) is 31.9 Å². The highest BCUT2D eigenvalue weighted by Gasteiger charge is 2.27. The Bertz CT molecular complexity index is 611. The van der Waals surface area contributed by atoms with E-state index in [4.69, 9.17) is 10.5 Å². The van der Waals surface area contributed by atoms with Gasteiger partial charge in [0.2, 0.25) is 11.8 Å². The summed E-state index contributed by atoms with van der Waals surface area (Å²) < 4.78 is 5.33. The second kappa shape index (κ2) is 7.97. The number of hydrogen-bond donors (Lipinski definition) is 2. The first-order valence-corrected chi connectivity index (χ1v) is 9.10. The molecule has 2 heterocycles. The van der Waals surface area contributed by atoms with Gasteiger partial charge in [-0.25, -0.2) is 0 Å². The molecule has 0 bridgehead atoms. The number of carbonyl (C=O) groups is 2. The molecule has 3 N–H and O–H groups in total. The standard InChI is InChI=1S/C19H27N3O3/c1-13(21-19(24)18(20)15-8-11-25-12-9-15)14-4-6-16(7-5-14)22-10-2-3-17(22)23/h4-7,13,15,18H,2-3,8-12,20H2,1H3,(H,21,24). The van der Waals surface area contributed by atoms with Gasteiger partial charge in [-0.2, -0.15) is 0 Å². The third-order valence-electron chi connectivity index (χ3n) is 5.21. The summed E-state index contributed by atoms with van der Waals surface area (Å²) in [5, 5.41) is 3.01. The molecule has 6 nitrogen and oxygen atoms in total. The van der Waals surface area contributed by atoms with Crippen LogP contribution in [0.2, 0.25) is 0 Å². The van der Waals surface area contributed by atoms with E-state index in [1.165, 1.54) is 0 Å². The largest absolute Gasteiger partial charge is 0.381 e. The number of amides is 2. The van der Waals surface area contributed by atoms with Crippen molar-refractivity contribution in [2.24, 2.45) is 11.7 Å². The van der Waals surface area contributed by atoms with Gasteiger partial charge in [0.1, 0.15) is 0 Å². The second-order valence-corrected chi connectivity index (χ2v) is 6.95. The number of rotatable bonds is 5. The quantitative estimate of drug-likeness (QED) is 0.851. The Morgan fingerprint density at radius 2 is 1.96 bits per heavy atom. The molecule has 1 aromatic carbocycles. The number of ether oxygens (including phenoxy) is 1. The topological polar surface area (TPSA) is 84.7 Å². The van der Waals surface area contributed by atoms with Crippen molar-refractivity contribution in [3.63, 3.8) is 0 Å². The Kier molecular flexibility index (Phi) is 5.71. The van der Waals surface area contributed by atoms with Crippen molar-refractivity contribution in [1.29, 1.82) is 0 Å². The van der Waals surface area contributed by atoms with E-state index in [1.54, 1.807) is 0 Å². The molecular weight excluding hydrogens is 318 g/mol. The molecule has 0 saturated carbocycles. The van der Waals surface area contributed by atoms with Crippen LogP contribution < -0.4 is 16.0 Å². The normalized spacial score (nSPS) is 21.2. The fourth-order valence-corrected chi connectivity index (χ4v) is 3.55. The maximum Gasteiger partial charge on any atom is 0.237 e. The molecule has 0 spiro atoms. The fourth-order valence-electron chi connectivity index (χ4n) is 3.55. The van der Waals surface area contributed by atoms with Gasteiger partial charge in [0.15, 0.2) is 0 Å². The molecule has 0 aliphatic carbocycles. The molecule has 2 unspecified atom stereocenters. The van der Waals surface area contributed by atoms with Crippen molar-refractivity contribution in [2.75, 3.05) is 24.7 Å². The first kappa shape index (κ1) is 17.9. The zero-order valence-electron chi connectivity index (χ0n) is 14.7. The Morgan fingerprint density at radius 3 is 2.56 bits per heavy atom. The van der Waals surface area contributed by atoms with Crippen LogP contribution in [0.25, 0.3) is 0 Å². The Balaban J connectivity index is 1.57. The molecule has 2 amide bonds. The van der Waals surface area contributed by atoms with Crippen LogP contribution in [0.3, 0.4) is 0 Å². The summed E-state index contributed by atoms with van der Waals surface area (Å²) in [7, 11) is 0. The van der Waals surface area contributed by atoms with E-state index < -0.39 is 6.04 Å². The molecule has 136 valence electrons. The van der Waals surface area contributed by atoms with Crippen molar-refractivity contribution in [3.8, 4) is 0 Å². The van der Waals surface area contributed by atoms with Gasteiger partial charge < -0.3 is 20.7 Å². The van der Waals surface area contributed by atoms with Crippen LogP contribution in [-0.4, -0.2) is 37.6 Å². The first-order chi connectivity index (χ1) is 12.1. The van der Waals surface area contributed by atoms with Crippen molar-refractivity contribution < 1.29 is 14.3 Å². The minimum absolute atomic E-state index is 0.113. The van der Waals surface area contributed by atoms with Crippen molar-refractivity contribution in [3.05, 3.63) is 29.8 Å². The van der Waals surface area contributed by atoms with Crippen LogP contribution in [0.15, 0.2) is 24.3 Å². The third kappa shape index (κ3) is 4.19. The lowest BCUT2D eigenvalue weighted by atomic mass is 9.91. The minimum atomic E-state index is -0.493. The van der Waals surface area contributed by atoms with Gasteiger partial charge in [-0.1, -0.05) is 12.1 Å². The Morgan fingerprint density at radius 1 is 1.28 bits per heavy atom. The molecular formula is C19H27N3O3. The lowest BCUT2D eigenvalue weighted by Gasteiger charge is -2.28. The predicted octanol–water partition coefficient (Wildman–Crippen LogP) is 1.74. The van der Waals surface area contributed by atoms with Crippen LogP contribution in [0.1, 0.15) is 44.2 Å². The number of hydrogen-bond acceptors (Lipinski definition) is 4. The molecule has 0 radical (unpaired) electrons. The summed E-state index contributed by atoms with van der Waals surface area (Å²) in [5.74, 6) is 0.249. The van der Waals surface area contributed by atoms with E-state index in [9.17, 15) is 9.59 Å². The van der Waals surface area contributed by atoms with E-state index in [0.717, 1.165) is 37.1 Å². The van der Waals surface area contributed by atoms with Gasteiger partial charge in [0.05, 0.1) is 12.1 Å². The lowest BCUT2D eigenvalue weighted by Crippen LogP contribution is -2.47. The Hall–Kier alpha value is -1.92. The van der Waals surface area contributed by atoms with E-state index >= 15 is 0 Å². The molecule has 1 aromatic rings. The van der Waals surface area contributed by atoms with Gasteiger partial charge >= 0.3 is 0 Å². The average Bonchev–Trinajstić information content (AvgIpc) is 3.07. The highest BCUT2D eigenvalue weighted by Crippen LogP contribution is 2.24. The minimum Gasteiger partial charge on any atom is -0.381 e. The number of nitrogens with zero attached hydrogens (tertiary/aromatic N) is 1. The average molecular weight is 345 g/mol. The van der Waals surface area contributed by atoms with Gasteiger partial charge in [-0.15, -0.1) is 0 Å². The molecule has 25 heavy (non-hydrogen) atoms. The SMILES string of the molecule is CC(NC(=O)C(N)C1CCOCC1)c1ccc(N2CCCC2=O)cc1. The molecule has 2 aliphatic rings. The third-order valence-corrected chi connectivity index (χ3v) is 5.21. The number of carbonyl (C=O) groups excluding carboxylic acids is 2. The number of benzene rings is 1. The van der Waals surface area contributed by atoms with E-state index in [1.807, 2.05) is 36.1 Å². The monoisotopic (exact) mass is 345 g/mol. The zero-order valence-corrected chi connectivity index (χ0v) is 14.7. The first-order valence-electron chi connectivity index (χ1n) is 9.10. The summed E-state index contributed by atoms with van der Waals surface area (Å²) in [6.45, 7) is 4.09. The molecule has 2 aliphatic heterocycles.